The molecule has 5 heterocycles. The topological polar surface area (TPSA) is 37.7 Å². The number of furan rings is 2. The van der Waals surface area contributed by atoms with Gasteiger partial charge in [-0.2, -0.15) is 0 Å². The summed E-state index contributed by atoms with van der Waals surface area (Å²) in [5.41, 5.74) is 35.7. The van der Waals surface area contributed by atoms with Crippen molar-refractivity contribution in [1.82, 2.24) is 4.57 Å². The molecule has 0 bridgehead atoms. The predicted octanol–water partition coefficient (Wildman–Crippen LogP) is 25.1. The number of benzene rings is 15. The van der Waals surface area contributed by atoms with Gasteiger partial charge in [-0.05, 0) is 220 Å². The van der Waals surface area contributed by atoms with Gasteiger partial charge in [-0.3, -0.25) is 0 Å². The van der Waals surface area contributed by atoms with Crippen LogP contribution in [0.3, 0.4) is 0 Å². The van der Waals surface area contributed by atoms with Crippen LogP contribution in [0.15, 0.2) is 336 Å². The number of nitrogens with zero attached hydrogens (tertiary/aromatic N) is 3. The monoisotopic (exact) mass is 1400 g/mol. The van der Waals surface area contributed by atoms with Crippen LogP contribution < -0.4 is 26.2 Å². The number of rotatable bonds is 14. The normalized spacial score (nSPS) is 12.8. The Morgan fingerprint density at radius 3 is 1.04 bits per heavy atom. The first kappa shape index (κ1) is 65.8. The van der Waals surface area contributed by atoms with Crippen molar-refractivity contribution in [2.24, 2.45) is 0 Å². The number of hydrogen-bond donors (Lipinski definition) is 0. The summed E-state index contributed by atoms with van der Waals surface area (Å²) >= 11 is 0. The minimum atomic E-state index is -0.193. The van der Waals surface area contributed by atoms with Crippen LogP contribution in [0.5, 0.6) is 0 Å². The zero-order valence-electron chi connectivity index (χ0n) is 62.4. The van der Waals surface area contributed by atoms with Gasteiger partial charge in [0, 0.05) is 85.7 Å². The average Bonchev–Trinajstić information content (AvgIpc) is 1.24. The summed E-state index contributed by atoms with van der Waals surface area (Å²) < 4.78 is 15.7. The van der Waals surface area contributed by atoms with Crippen LogP contribution in [0.4, 0.5) is 22.7 Å². The molecule has 18 aromatic rings. The second-order valence-corrected chi connectivity index (χ2v) is 32.1. The molecule has 0 saturated heterocycles. The molecule has 6 heteroatoms. The van der Waals surface area contributed by atoms with E-state index in [0.29, 0.717) is 19.6 Å². The SMILES string of the molecule is CC(C)(C)c1ccc2c(c1)c1cc(C(C)(C)C)ccc1n2Cc1cc2c3c(c1)N(CCc1c(-c4ccccc4)cccc1-c1ccccc1)c1ccc(-c4ccc5oc6ccccc6c5c4)cc1B3c1cc(-c3ccc4oc5ccccc5c4c3)ccc1N2CCc1c(-c2ccccc2)cccc1-c1ccccc1. The van der Waals surface area contributed by atoms with Crippen molar-refractivity contribution in [2.45, 2.75) is 71.8 Å². The highest BCUT2D eigenvalue weighted by Crippen LogP contribution is 2.46. The van der Waals surface area contributed by atoms with E-state index in [4.69, 9.17) is 8.83 Å². The minimum absolute atomic E-state index is 0.0412. The third-order valence-corrected chi connectivity index (χ3v) is 23.5. The number of para-hydroxylation sites is 2. The van der Waals surface area contributed by atoms with Gasteiger partial charge in [0.15, 0.2) is 0 Å². The Hall–Kier alpha value is -12.6. The summed E-state index contributed by atoms with van der Waals surface area (Å²) in [4.78, 5) is 5.48. The van der Waals surface area contributed by atoms with Gasteiger partial charge >= 0.3 is 0 Å². The molecule has 0 unspecified atom stereocenters. The number of fused-ring (bicyclic) bond motifs is 13. The fourth-order valence-corrected chi connectivity index (χ4v) is 18.1. The van der Waals surface area contributed by atoms with Crippen molar-refractivity contribution >= 4 is 112 Å². The summed E-state index contributed by atoms with van der Waals surface area (Å²) in [6, 6.07) is 123. The first-order valence-electron chi connectivity index (χ1n) is 38.7. The van der Waals surface area contributed by atoms with Gasteiger partial charge in [-0.1, -0.05) is 284 Å². The molecule has 0 N–H and O–H groups in total. The number of aromatic nitrogens is 1. The Kier molecular flexibility index (Phi) is 15.8. The highest BCUT2D eigenvalue weighted by molar-refractivity contribution is 7.00. The van der Waals surface area contributed by atoms with Crippen LogP contribution in [0.25, 0.3) is 132 Å². The average molecular weight is 1400 g/mol. The molecule has 15 aromatic carbocycles. The first-order valence-corrected chi connectivity index (χ1v) is 38.7. The molecule has 2 aliphatic heterocycles. The fourth-order valence-electron chi connectivity index (χ4n) is 18.1. The second kappa shape index (κ2) is 26.1. The molecule has 0 amide bonds. The van der Waals surface area contributed by atoms with Crippen molar-refractivity contribution < 1.29 is 8.83 Å². The Morgan fingerprint density at radius 2 is 0.642 bits per heavy atom. The lowest BCUT2D eigenvalue weighted by molar-refractivity contribution is 0.590. The lowest BCUT2D eigenvalue weighted by atomic mass is 9.33. The van der Waals surface area contributed by atoms with Gasteiger partial charge in [-0.25, -0.2) is 0 Å². The number of hydrogen-bond acceptors (Lipinski definition) is 4. The molecule has 0 spiro atoms. The quantitative estimate of drug-likeness (QED) is 0.102. The van der Waals surface area contributed by atoms with E-state index in [-0.39, 0.29) is 17.5 Å². The van der Waals surface area contributed by atoms with Crippen LogP contribution in [0.2, 0.25) is 0 Å². The largest absolute Gasteiger partial charge is 0.456 e. The van der Waals surface area contributed by atoms with Gasteiger partial charge in [0.2, 0.25) is 0 Å². The lowest BCUT2D eigenvalue weighted by Crippen LogP contribution is -2.62. The zero-order valence-corrected chi connectivity index (χ0v) is 62.4. The van der Waals surface area contributed by atoms with Gasteiger partial charge in [0.25, 0.3) is 6.71 Å². The van der Waals surface area contributed by atoms with E-state index >= 15 is 0 Å². The molecule has 0 radical (unpaired) electrons. The summed E-state index contributed by atoms with van der Waals surface area (Å²) in [5.74, 6) is 0. The van der Waals surface area contributed by atoms with Crippen LogP contribution in [-0.2, 0) is 30.2 Å². The molecule has 20 rings (SSSR count). The maximum atomic E-state index is 6.52. The maximum Gasteiger partial charge on any atom is 0.252 e. The van der Waals surface area contributed by atoms with Crippen molar-refractivity contribution in [1.29, 1.82) is 0 Å². The molecular formula is C103H82BN3O2. The fraction of sp³-hybridized carbons (Fsp3) is 0.126. The van der Waals surface area contributed by atoms with E-state index in [0.717, 1.165) is 79.0 Å². The van der Waals surface area contributed by atoms with Crippen molar-refractivity contribution in [3.63, 3.8) is 0 Å². The van der Waals surface area contributed by atoms with E-state index < -0.39 is 0 Å². The minimum Gasteiger partial charge on any atom is -0.456 e. The first-order chi connectivity index (χ1) is 53.3. The zero-order chi connectivity index (χ0) is 73.2. The molecule has 0 fully saturated rings. The van der Waals surface area contributed by atoms with Crippen molar-refractivity contribution in [3.05, 3.63) is 355 Å². The van der Waals surface area contributed by atoms with Crippen molar-refractivity contribution in [3.8, 4) is 66.8 Å². The lowest BCUT2D eigenvalue weighted by Gasteiger charge is -2.45. The third kappa shape index (κ3) is 11.5. The second-order valence-electron chi connectivity index (χ2n) is 32.1. The highest BCUT2D eigenvalue weighted by atomic mass is 16.3. The summed E-state index contributed by atoms with van der Waals surface area (Å²) in [6.07, 6.45) is 1.52. The summed E-state index contributed by atoms with van der Waals surface area (Å²) in [7, 11) is 0. The molecular weight excluding hydrogens is 1320 g/mol. The molecule has 5 nitrogen and oxygen atoms in total. The Bertz CT molecular complexity index is 6100. The van der Waals surface area contributed by atoms with Crippen LogP contribution in [0.1, 0.15) is 69.4 Å². The van der Waals surface area contributed by atoms with E-state index in [1.54, 1.807) is 0 Å². The highest BCUT2D eigenvalue weighted by Gasteiger charge is 2.44. The van der Waals surface area contributed by atoms with Crippen LogP contribution >= 0.6 is 0 Å². The molecule has 109 heavy (non-hydrogen) atoms. The van der Waals surface area contributed by atoms with Gasteiger partial charge < -0.3 is 23.2 Å². The third-order valence-electron chi connectivity index (χ3n) is 23.5. The van der Waals surface area contributed by atoms with Crippen LogP contribution in [0, 0.1) is 0 Å². The van der Waals surface area contributed by atoms with E-state index in [2.05, 4.69) is 383 Å². The standard InChI is InChI=1S/C103H82BN3O2/c1-102(2,3)75-45-49-91-85(63-75)86-64-76(103(4,5)6)46-50-92(86)107(91)65-66-57-95-101-96(58-66)106(56-54-82-79(69-29-15-9-16-30-69)37-24-38-80(82)70-31-17-10-18-32-70)94-48-42-74(72-44-52-100-88(60-72)84-34-20-22-40-98(84)109-100)62-90(94)104(101)89-61-73(71-43-51-99-87(59-71)83-33-19-21-39-97(83)108-99)41-47-93(89)105(95)55-53-81-77(67-25-11-7-12-26-67)35-23-36-78(81)68-27-13-8-14-28-68/h7-52,57-64H,53-56,65H2,1-6H3. The number of anilines is 4. The summed E-state index contributed by atoms with van der Waals surface area (Å²) in [6.45, 7) is 15.9. The van der Waals surface area contributed by atoms with Gasteiger partial charge in [-0.15, -0.1) is 0 Å². The molecule has 0 saturated carbocycles. The van der Waals surface area contributed by atoms with E-state index in [1.807, 2.05) is 0 Å². The smallest absolute Gasteiger partial charge is 0.252 e. The van der Waals surface area contributed by atoms with Gasteiger partial charge in [0.05, 0.1) is 0 Å². The predicted molar refractivity (Wildman–Crippen MR) is 461 cm³/mol. The van der Waals surface area contributed by atoms with Gasteiger partial charge in [0.1, 0.15) is 22.3 Å². The Morgan fingerprint density at radius 1 is 0.284 bits per heavy atom. The van der Waals surface area contributed by atoms with Crippen molar-refractivity contribution in [2.75, 3.05) is 22.9 Å². The summed E-state index contributed by atoms with van der Waals surface area (Å²) in [5, 5.41) is 7.05. The molecule has 0 aliphatic carbocycles. The molecule has 3 aromatic heterocycles. The Balaban J connectivity index is 0.856. The molecule has 0 atom stereocenters. The molecule has 2 aliphatic rings. The van der Waals surface area contributed by atoms with E-state index in [1.165, 1.54) is 133 Å². The van der Waals surface area contributed by atoms with Crippen LogP contribution in [-0.4, -0.2) is 24.4 Å². The maximum absolute atomic E-state index is 6.52. The van der Waals surface area contributed by atoms with E-state index in [9.17, 15) is 0 Å². The molecule has 524 valence electrons. The Labute approximate surface area is 637 Å².